The number of nitrogens with zero attached hydrogens (tertiary/aromatic N) is 2. The zero-order valence-corrected chi connectivity index (χ0v) is 8.67. The van der Waals surface area contributed by atoms with Crippen LogP contribution in [0.15, 0.2) is 12.3 Å². The number of hydrogen-bond acceptors (Lipinski definition) is 3. The van der Waals surface area contributed by atoms with Crippen molar-refractivity contribution in [3.63, 3.8) is 0 Å². The molecule has 0 spiro atoms. The summed E-state index contributed by atoms with van der Waals surface area (Å²) in [5, 5.41) is 11.1. The van der Waals surface area contributed by atoms with Gasteiger partial charge in [-0.15, -0.1) is 5.10 Å². The minimum atomic E-state index is 0.425. The molecule has 1 N–H and O–H groups in total. The van der Waals surface area contributed by atoms with Crippen LogP contribution < -0.4 is 5.32 Å². The smallest absolute Gasteiger partial charge is 0.153 e. The quantitative estimate of drug-likeness (QED) is 0.810. The molecule has 3 nitrogen and oxygen atoms in total. The highest BCUT2D eigenvalue weighted by Crippen LogP contribution is 2.11. The molecule has 1 rings (SSSR count). The molecular formula is C9H14ClN3. The number of nitrogens with one attached hydrogen (secondary N) is 1. The van der Waals surface area contributed by atoms with Crippen molar-refractivity contribution in [2.45, 2.75) is 20.3 Å². The van der Waals surface area contributed by atoms with Crippen molar-refractivity contribution in [3.8, 4) is 0 Å². The first-order valence-electron chi connectivity index (χ1n) is 4.44. The molecule has 0 fully saturated rings. The van der Waals surface area contributed by atoms with Crippen LogP contribution in [0.4, 0.5) is 5.69 Å². The maximum Gasteiger partial charge on any atom is 0.153 e. The molecule has 1 aromatic rings. The molecule has 1 atom stereocenters. The first-order valence-corrected chi connectivity index (χ1v) is 4.82. The van der Waals surface area contributed by atoms with Gasteiger partial charge in [0.05, 0.1) is 11.9 Å². The highest BCUT2D eigenvalue weighted by atomic mass is 35.5. The molecule has 0 aromatic carbocycles. The molecule has 72 valence electrons. The van der Waals surface area contributed by atoms with Gasteiger partial charge in [0.2, 0.25) is 0 Å². The van der Waals surface area contributed by atoms with Gasteiger partial charge in [0.1, 0.15) is 0 Å². The van der Waals surface area contributed by atoms with E-state index in [-0.39, 0.29) is 0 Å². The van der Waals surface area contributed by atoms with Gasteiger partial charge in [-0.05, 0) is 5.92 Å². The predicted molar refractivity (Wildman–Crippen MR) is 55.0 cm³/mol. The average molecular weight is 200 g/mol. The van der Waals surface area contributed by atoms with Gasteiger partial charge in [-0.2, -0.15) is 5.10 Å². The maximum atomic E-state index is 5.68. The number of hydrogen-bond donors (Lipinski definition) is 1. The Morgan fingerprint density at radius 3 is 3.00 bits per heavy atom. The third-order valence-electron chi connectivity index (χ3n) is 1.98. The van der Waals surface area contributed by atoms with E-state index in [1.54, 1.807) is 12.3 Å². The molecule has 1 aromatic heterocycles. The lowest BCUT2D eigenvalue weighted by Gasteiger charge is -2.10. The monoisotopic (exact) mass is 199 g/mol. The predicted octanol–water partition coefficient (Wildman–Crippen LogP) is 2.59. The summed E-state index contributed by atoms with van der Waals surface area (Å²) in [7, 11) is 0. The van der Waals surface area contributed by atoms with Gasteiger partial charge in [0, 0.05) is 12.6 Å². The summed E-state index contributed by atoms with van der Waals surface area (Å²) in [6.07, 6.45) is 2.84. The van der Waals surface area contributed by atoms with Crippen LogP contribution in [0.3, 0.4) is 0 Å². The summed E-state index contributed by atoms with van der Waals surface area (Å²) in [6, 6.07) is 1.77. The van der Waals surface area contributed by atoms with Gasteiger partial charge in [-0.1, -0.05) is 31.9 Å². The molecule has 1 unspecified atom stereocenters. The van der Waals surface area contributed by atoms with Crippen molar-refractivity contribution in [1.82, 2.24) is 10.2 Å². The van der Waals surface area contributed by atoms with E-state index in [9.17, 15) is 0 Å². The number of halogens is 1. The van der Waals surface area contributed by atoms with Crippen molar-refractivity contribution in [3.05, 3.63) is 17.4 Å². The summed E-state index contributed by atoms with van der Waals surface area (Å²) in [6.45, 7) is 5.31. The SMILES string of the molecule is CCC(C)CNc1cnnc(Cl)c1. The van der Waals surface area contributed by atoms with Crippen LogP contribution in [-0.2, 0) is 0 Å². The Bertz CT molecular complexity index is 265. The second-order valence-electron chi connectivity index (χ2n) is 3.16. The third-order valence-corrected chi connectivity index (χ3v) is 2.16. The molecule has 1 heterocycles. The average Bonchev–Trinajstić information content (AvgIpc) is 2.14. The summed E-state index contributed by atoms with van der Waals surface area (Å²) in [4.78, 5) is 0. The molecule has 0 aliphatic heterocycles. The van der Waals surface area contributed by atoms with E-state index in [2.05, 4.69) is 29.4 Å². The van der Waals surface area contributed by atoms with Crippen LogP contribution in [0.25, 0.3) is 0 Å². The summed E-state index contributed by atoms with van der Waals surface area (Å²) in [5.74, 6) is 0.659. The van der Waals surface area contributed by atoms with Gasteiger partial charge in [0.15, 0.2) is 5.15 Å². The van der Waals surface area contributed by atoms with Crippen molar-refractivity contribution in [2.75, 3.05) is 11.9 Å². The molecule has 0 aliphatic carbocycles. The van der Waals surface area contributed by atoms with Gasteiger partial charge in [0.25, 0.3) is 0 Å². The van der Waals surface area contributed by atoms with Crippen molar-refractivity contribution < 1.29 is 0 Å². The van der Waals surface area contributed by atoms with E-state index < -0.39 is 0 Å². The lowest BCUT2D eigenvalue weighted by atomic mass is 10.1. The fourth-order valence-corrected chi connectivity index (χ4v) is 1.03. The molecule has 0 aliphatic rings. The van der Waals surface area contributed by atoms with Crippen LogP contribution in [0.1, 0.15) is 20.3 Å². The van der Waals surface area contributed by atoms with E-state index in [1.165, 1.54) is 6.42 Å². The second-order valence-corrected chi connectivity index (χ2v) is 3.55. The van der Waals surface area contributed by atoms with Crippen LogP contribution in [0.2, 0.25) is 5.15 Å². The molecule has 0 saturated heterocycles. The Hall–Kier alpha value is -0.830. The van der Waals surface area contributed by atoms with Crippen LogP contribution in [-0.4, -0.2) is 16.7 Å². The first kappa shape index (κ1) is 10.3. The van der Waals surface area contributed by atoms with E-state index in [0.29, 0.717) is 11.1 Å². The molecule has 13 heavy (non-hydrogen) atoms. The number of rotatable bonds is 4. The molecule has 0 amide bonds. The normalized spacial score (nSPS) is 12.5. The highest BCUT2D eigenvalue weighted by molar-refractivity contribution is 6.29. The van der Waals surface area contributed by atoms with Crippen molar-refractivity contribution in [1.29, 1.82) is 0 Å². The second kappa shape index (κ2) is 5.02. The number of anilines is 1. The molecule has 0 radical (unpaired) electrons. The van der Waals surface area contributed by atoms with Crippen LogP contribution in [0.5, 0.6) is 0 Å². The largest absolute Gasteiger partial charge is 0.383 e. The fraction of sp³-hybridized carbons (Fsp3) is 0.556. The fourth-order valence-electron chi connectivity index (χ4n) is 0.874. The van der Waals surface area contributed by atoms with Gasteiger partial charge in [-0.25, -0.2) is 0 Å². The number of aromatic nitrogens is 2. The topological polar surface area (TPSA) is 37.8 Å². The summed E-state index contributed by atoms with van der Waals surface area (Å²) < 4.78 is 0. The summed E-state index contributed by atoms with van der Waals surface area (Å²) >= 11 is 5.68. The van der Waals surface area contributed by atoms with Gasteiger partial charge >= 0.3 is 0 Å². The first-order chi connectivity index (χ1) is 6.22. The van der Waals surface area contributed by atoms with Gasteiger partial charge < -0.3 is 5.32 Å². The Morgan fingerprint density at radius 2 is 2.38 bits per heavy atom. The standard InChI is InChI=1S/C9H14ClN3/c1-3-7(2)5-11-8-4-9(10)13-12-6-8/h4,6-7H,3,5H2,1-2H3,(H,11,13). The minimum absolute atomic E-state index is 0.425. The molecule has 0 bridgehead atoms. The molecule has 4 heteroatoms. The Kier molecular flexibility index (Phi) is 3.96. The summed E-state index contributed by atoms with van der Waals surface area (Å²) in [5.41, 5.74) is 0.931. The zero-order chi connectivity index (χ0) is 9.68. The molecule has 0 saturated carbocycles. The maximum absolute atomic E-state index is 5.68. The zero-order valence-electron chi connectivity index (χ0n) is 7.92. The Balaban J connectivity index is 2.45. The lowest BCUT2D eigenvalue weighted by Crippen LogP contribution is -2.10. The van der Waals surface area contributed by atoms with Gasteiger partial charge in [-0.3, -0.25) is 0 Å². The van der Waals surface area contributed by atoms with Crippen molar-refractivity contribution >= 4 is 17.3 Å². The van der Waals surface area contributed by atoms with E-state index >= 15 is 0 Å². The highest BCUT2D eigenvalue weighted by Gasteiger charge is 1.99. The lowest BCUT2D eigenvalue weighted by molar-refractivity contribution is 0.593. The molecular weight excluding hydrogens is 186 g/mol. The van der Waals surface area contributed by atoms with E-state index in [4.69, 9.17) is 11.6 Å². The minimum Gasteiger partial charge on any atom is -0.383 e. The van der Waals surface area contributed by atoms with E-state index in [1.807, 2.05) is 0 Å². The van der Waals surface area contributed by atoms with E-state index in [0.717, 1.165) is 12.2 Å². The Labute approximate surface area is 83.5 Å². The Morgan fingerprint density at radius 1 is 1.62 bits per heavy atom. The van der Waals surface area contributed by atoms with Crippen LogP contribution >= 0.6 is 11.6 Å². The van der Waals surface area contributed by atoms with Crippen molar-refractivity contribution in [2.24, 2.45) is 5.92 Å². The van der Waals surface area contributed by atoms with Crippen LogP contribution in [0, 0.1) is 5.92 Å². The third kappa shape index (κ3) is 3.59.